The lowest BCUT2D eigenvalue weighted by molar-refractivity contribution is -0.122. The maximum Gasteiger partial charge on any atom is 0.290 e. The number of fused-ring (bicyclic) bond motifs is 1. The van der Waals surface area contributed by atoms with Gasteiger partial charge in [-0.3, -0.25) is 4.79 Å². The van der Waals surface area contributed by atoms with Crippen LogP contribution in [0.4, 0.5) is 0 Å². The van der Waals surface area contributed by atoms with E-state index in [1.54, 1.807) is 12.1 Å². The Morgan fingerprint density at radius 3 is 2.06 bits per heavy atom. The van der Waals surface area contributed by atoms with Crippen molar-refractivity contribution in [3.63, 3.8) is 0 Å². The molecule has 2 rings (SSSR count). The van der Waals surface area contributed by atoms with Crippen LogP contribution in [0, 0.1) is 0 Å². The van der Waals surface area contributed by atoms with Crippen molar-refractivity contribution in [1.29, 1.82) is 0 Å². The molecule has 18 heavy (non-hydrogen) atoms. The zero-order valence-corrected chi connectivity index (χ0v) is 10.8. The van der Waals surface area contributed by atoms with Gasteiger partial charge < -0.3 is 10.2 Å². The van der Waals surface area contributed by atoms with E-state index in [0.29, 0.717) is 5.75 Å². The summed E-state index contributed by atoms with van der Waals surface area (Å²) in [7, 11) is 0. The number of aromatic hydroxyl groups is 1. The monoisotopic (exact) mass is 246 g/mol. The first kappa shape index (κ1) is 14.0. The maximum atomic E-state index is 9.36. The van der Waals surface area contributed by atoms with Crippen molar-refractivity contribution >= 4 is 17.2 Å². The predicted octanol–water partition coefficient (Wildman–Crippen LogP) is 3.54. The molecule has 0 spiro atoms. The number of hydrogen-bond donors (Lipinski definition) is 2. The summed E-state index contributed by atoms with van der Waals surface area (Å²) < 4.78 is 0. The average molecular weight is 246 g/mol. The maximum absolute atomic E-state index is 9.36. The first-order chi connectivity index (χ1) is 8.38. The summed E-state index contributed by atoms with van der Waals surface area (Å²) in [6.07, 6.45) is 0. The van der Waals surface area contributed by atoms with E-state index in [1.807, 2.05) is 6.07 Å². The van der Waals surface area contributed by atoms with Crippen molar-refractivity contribution in [2.24, 2.45) is 0 Å². The summed E-state index contributed by atoms with van der Waals surface area (Å²) in [6, 6.07) is 11.9. The molecule has 2 aromatic rings. The standard InChI is InChI=1S/C14H16O.CH2O2/c1-14(2,3)12-6-4-11-9-13(15)7-5-10(11)8-12;2-1-3/h4-9,15H,1-3H3;1H,(H,2,3). The minimum absolute atomic E-state index is 0.173. The molecule has 0 heterocycles. The highest BCUT2D eigenvalue weighted by Crippen LogP contribution is 2.27. The fraction of sp³-hybridized carbons (Fsp3) is 0.267. The SMILES string of the molecule is CC(C)(C)c1ccc2cc(O)ccc2c1.O=CO. The number of hydrogen-bond acceptors (Lipinski definition) is 2. The molecule has 0 aliphatic rings. The van der Waals surface area contributed by atoms with Gasteiger partial charge in [0.15, 0.2) is 0 Å². The molecule has 0 atom stereocenters. The van der Waals surface area contributed by atoms with E-state index < -0.39 is 0 Å². The first-order valence-electron chi connectivity index (χ1n) is 5.69. The Morgan fingerprint density at radius 2 is 1.50 bits per heavy atom. The Bertz CT molecular complexity index is 539. The van der Waals surface area contributed by atoms with Crippen molar-refractivity contribution in [2.45, 2.75) is 26.2 Å². The van der Waals surface area contributed by atoms with E-state index in [2.05, 4.69) is 39.0 Å². The van der Waals surface area contributed by atoms with Gasteiger partial charge in [0.2, 0.25) is 0 Å². The van der Waals surface area contributed by atoms with Crippen LogP contribution in [-0.4, -0.2) is 16.7 Å². The van der Waals surface area contributed by atoms with Crippen molar-refractivity contribution in [2.75, 3.05) is 0 Å². The van der Waals surface area contributed by atoms with Crippen LogP contribution in [0.5, 0.6) is 5.75 Å². The van der Waals surface area contributed by atoms with Gasteiger partial charge in [0.1, 0.15) is 5.75 Å². The van der Waals surface area contributed by atoms with Crippen LogP contribution >= 0.6 is 0 Å². The second kappa shape index (κ2) is 5.54. The van der Waals surface area contributed by atoms with Gasteiger partial charge in [-0.25, -0.2) is 0 Å². The zero-order chi connectivity index (χ0) is 13.8. The average Bonchev–Trinajstić information content (AvgIpc) is 2.28. The molecule has 96 valence electrons. The largest absolute Gasteiger partial charge is 0.508 e. The van der Waals surface area contributed by atoms with Crippen molar-refractivity contribution < 1.29 is 15.0 Å². The molecule has 0 fully saturated rings. The summed E-state index contributed by atoms with van der Waals surface area (Å²) in [6.45, 7) is 6.36. The topological polar surface area (TPSA) is 57.5 Å². The molecular formula is C15H18O3. The Kier molecular flexibility index (Phi) is 4.32. The van der Waals surface area contributed by atoms with Gasteiger partial charge in [0.25, 0.3) is 6.47 Å². The van der Waals surface area contributed by atoms with E-state index in [1.165, 1.54) is 10.9 Å². The van der Waals surface area contributed by atoms with Gasteiger partial charge in [-0.05, 0) is 33.9 Å². The third-order valence-electron chi connectivity index (χ3n) is 2.69. The minimum atomic E-state index is -0.250. The summed E-state index contributed by atoms with van der Waals surface area (Å²) in [4.78, 5) is 8.36. The number of carboxylic acid groups (broad SMARTS) is 1. The van der Waals surface area contributed by atoms with E-state index in [4.69, 9.17) is 9.90 Å². The summed E-state index contributed by atoms with van der Waals surface area (Å²) in [5, 5.41) is 18.5. The molecule has 0 radical (unpaired) electrons. The number of phenols is 1. The van der Waals surface area contributed by atoms with Crippen molar-refractivity contribution in [1.82, 2.24) is 0 Å². The van der Waals surface area contributed by atoms with E-state index in [0.717, 1.165) is 5.39 Å². The predicted molar refractivity (Wildman–Crippen MR) is 73.0 cm³/mol. The lowest BCUT2D eigenvalue weighted by atomic mass is 9.86. The summed E-state index contributed by atoms with van der Waals surface area (Å²) in [5.41, 5.74) is 1.49. The molecule has 2 aromatic carbocycles. The highest BCUT2D eigenvalue weighted by atomic mass is 16.3. The summed E-state index contributed by atoms with van der Waals surface area (Å²) in [5.74, 6) is 0.325. The van der Waals surface area contributed by atoms with Crippen LogP contribution in [0.15, 0.2) is 36.4 Å². The second-order valence-electron chi connectivity index (χ2n) is 5.10. The third kappa shape index (κ3) is 3.48. The normalized spacial score (nSPS) is 10.6. The molecule has 3 nitrogen and oxygen atoms in total. The number of benzene rings is 2. The smallest absolute Gasteiger partial charge is 0.290 e. The van der Waals surface area contributed by atoms with Crippen LogP contribution in [-0.2, 0) is 10.2 Å². The number of rotatable bonds is 0. The molecule has 0 aliphatic heterocycles. The van der Waals surface area contributed by atoms with Gasteiger partial charge in [0.05, 0.1) is 0 Å². The third-order valence-corrected chi connectivity index (χ3v) is 2.69. The highest BCUT2D eigenvalue weighted by molar-refractivity contribution is 5.84. The van der Waals surface area contributed by atoms with Gasteiger partial charge in [-0.2, -0.15) is 0 Å². The zero-order valence-electron chi connectivity index (χ0n) is 10.8. The molecule has 3 heteroatoms. The number of carbonyl (C=O) groups is 1. The molecule has 0 bridgehead atoms. The van der Waals surface area contributed by atoms with Crippen LogP contribution in [0.2, 0.25) is 0 Å². The number of phenolic OH excluding ortho intramolecular Hbond substituents is 1. The Hall–Kier alpha value is -2.03. The van der Waals surface area contributed by atoms with E-state index >= 15 is 0 Å². The molecule has 0 unspecified atom stereocenters. The van der Waals surface area contributed by atoms with Gasteiger partial charge in [-0.1, -0.05) is 45.0 Å². The molecule has 0 amide bonds. The van der Waals surface area contributed by atoms with Crippen LogP contribution < -0.4 is 0 Å². The summed E-state index contributed by atoms with van der Waals surface area (Å²) >= 11 is 0. The fourth-order valence-electron chi connectivity index (χ4n) is 1.70. The Balaban J connectivity index is 0.000000492. The quantitative estimate of drug-likeness (QED) is 0.699. The highest BCUT2D eigenvalue weighted by Gasteiger charge is 2.13. The Labute approximate surface area is 107 Å². The van der Waals surface area contributed by atoms with Crippen LogP contribution in [0.1, 0.15) is 26.3 Å². The van der Waals surface area contributed by atoms with Crippen LogP contribution in [0.25, 0.3) is 10.8 Å². The van der Waals surface area contributed by atoms with E-state index in [9.17, 15) is 5.11 Å². The fourth-order valence-corrected chi connectivity index (χ4v) is 1.70. The molecule has 0 saturated heterocycles. The van der Waals surface area contributed by atoms with Crippen molar-refractivity contribution in [3.05, 3.63) is 42.0 Å². The molecular weight excluding hydrogens is 228 g/mol. The van der Waals surface area contributed by atoms with Gasteiger partial charge >= 0.3 is 0 Å². The van der Waals surface area contributed by atoms with Crippen LogP contribution in [0.3, 0.4) is 0 Å². The second-order valence-corrected chi connectivity index (χ2v) is 5.10. The van der Waals surface area contributed by atoms with Gasteiger partial charge in [-0.15, -0.1) is 0 Å². The molecule has 0 aliphatic carbocycles. The lowest BCUT2D eigenvalue weighted by Crippen LogP contribution is -2.10. The molecule has 0 saturated carbocycles. The molecule has 2 N–H and O–H groups in total. The first-order valence-corrected chi connectivity index (χ1v) is 5.69. The van der Waals surface area contributed by atoms with E-state index in [-0.39, 0.29) is 11.9 Å². The molecule has 0 aromatic heterocycles. The van der Waals surface area contributed by atoms with Crippen molar-refractivity contribution in [3.8, 4) is 5.75 Å². The van der Waals surface area contributed by atoms with Gasteiger partial charge in [0, 0.05) is 0 Å². The minimum Gasteiger partial charge on any atom is -0.508 e. The Morgan fingerprint density at radius 1 is 1.00 bits per heavy atom. The lowest BCUT2D eigenvalue weighted by Gasteiger charge is -2.19.